The summed E-state index contributed by atoms with van der Waals surface area (Å²) in [7, 11) is 0. The fourth-order valence-corrected chi connectivity index (χ4v) is 5.07. The van der Waals surface area contributed by atoms with E-state index in [0.717, 1.165) is 27.2 Å². The summed E-state index contributed by atoms with van der Waals surface area (Å²) in [5.74, 6) is -3.43. The number of carbonyl (C=O) groups excluding carboxylic acids is 4. The molecule has 2 aromatic carbocycles. The first kappa shape index (κ1) is 29.2. The van der Waals surface area contributed by atoms with Gasteiger partial charge in [-0.15, -0.1) is 5.10 Å². The first-order valence-electron chi connectivity index (χ1n) is 13.5. The molecule has 3 aromatic rings. The highest BCUT2D eigenvalue weighted by Crippen LogP contribution is 2.44. The number of hydrogen-bond acceptors (Lipinski definition) is 9. The Morgan fingerprint density at radius 2 is 1.72 bits per heavy atom. The Labute approximate surface area is 245 Å². The SMILES string of the molecule is N[C@@H](CN1Cc2cn(nn2)CC(NC(=O)OCC2c3ccccc3-c3ccccc32)C(=O)NCC(=O)NCC1=O)C(=O)O. The van der Waals surface area contributed by atoms with Crippen LogP contribution < -0.4 is 21.7 Å². The van der Waals surface area contributed by atoms with Crippen LogP contribution in [-0.2, 0) is 37.0 Å². The molecule has 43 heavy (non-hydrogen) atoms. The molecule has 2 atom stereocenters. The van der Waals surface area contributed by atoms with Crippen LogP contribution in [0.5, 0.6) is 0 Å². The molecule has 0 fully saturated rings. The summed E-state index contributed by atoms with van der Waals surface area (Å²) in [6, 6.07) is 13.2. The van der Waals surface area contributed by atoms with E-state index in [1.807, 2.05) is 48.5 Å². The van der Waals surface area contributed by atoms with E-state index < -0.39 is 55.0 Å². The van der Waals surface area contributed by atoms with Crippen molar-refractivity contribution >= 4 is 29.8 Å². The monoisotopic (exact) mass is 590 g/mol. The number of aromatic nitrogens is 3. The lowest BCUT2D eigenvalue weighted by Crippen LogP contribution is -2.52. The van der Waals surface area contributed by atoms with Crippen LogP contribution in [-0.4, -0.2) is 93.1 Å². The lowest BCUT2D eigenvalue weighted by atomic mass is 9.98. The Bertz CT molecular complexity index is 1510. The Kier molecular flexibility index (Phi) is 8.61. The molecule has 6 N–H and O–H groups in total. The van der Waals surface area contributed by atoms with Gasteiger partial charge in [-0.05, 0) is 22.3 Å². The van der Waals surface area contributed by atoms with Crippen molar-refractivity contribution in [3.8, 4) is 11.1 Å². The quantitative estimate of drug-likeness (QED) is 0.240. The average Bonchev–Trinajstić information content (AvgIpc) is 3.57. The van der Waals surface area contributed by atoms with Crippen LogP contribution in [0.2, 0.25) is 0 Å². The second-order valence-electron chi connectivity index (χ2n) is 10.2. The fraction of sp³-hybridized carbons (Fsp3) is 0.321. The number of nitrogens with two attached hydrogens (primary N) is 1. The van der Waals surface area contributed by atoms with E-state index in [9.17, 15) is 29.1 Å². The van der Waals surface area contributed by atoms with Gasteiger partial charge in [0, 0.05) is 12.5 Å². The van der Waals surface area contributed by atoms with Gasteiger partial charge < -0.3 is 36.4 Å². The van der Waals surface area contributed by atoms with Gasteiger partial charge in [-0.3, -0.25) is 19.2 Å². The number of rotatable bonds is 6. The van der Waals surface area contributed by atoms with Gasteiger partial charge in [-0.25, -0.2) is 9.48 Å². The number of nitrogens with zero attached hydrogens (tertiary/aromatic N) is 4. The van der Waals surface area contributed by atoms with Crippen LogP contribution in [0.3, 0.4) is 0 Å². The Morgan fingerprint density at radius 3 is 2.40 bits per heavy atom. The minimum Gasteiger partial charge on any atom is -0.480 e. The zero-order chi connectivity index (χ0) is 30.5. The van der Waals surface area contributed by atoms with Crippen LogP contribution in [0.15, 0.2) is 54.7 Å². The molecule has 2 aliphatic rings. The van der Waals surface area contributed by atoms with E-state index in [0.29, 0.717) is 0 Å². The molecule has 2 bridgehead atoms. The zero-order valence-electron chi connectivity index (χ0n) is 22.9. The molecule has 4 amide bonds. The summed E-state index contributed by atoms with van der Waals surface area (Å²) in [4.78, 5) is 63.3. The van der Waals surface area contributed by atoms with Crippen molar-refractivity contribution in [2.24, 2.45) is 5.73 Å². The third-order valence-corrected chi connectivity index (χ3v) is 7.21. The third-order valence-electron chi connectivity index (χ3n) is 7.21. The fourth-order valence-electron chi connectivity index (χ4n) is 5.07. The molecule has 224 valence electrons. The maximum Gasteiger partial charge on any atom is 0.407 e. The smallest absolute Gasteiger partial charge is 0.407 e. The van der Waals surface area contributed by atoms with Crippen LogP contribution in [0, 0.1) is 0 Å². The van der Waals surface area contributed by atoms with Crippen molar-refractivity contribution in [1.29, 1.82) is 0 Å². The van der Waals surface area contributed by atoms with E-state index in [2.05, 4.69) is 26.3 Å². The van der Waals surface area contributed by atoms with Crippen LogP contribution in [0.4, 0.5) is 4.79 Å². The molecule has 0 saturated heterocycles. The van der Waals surface area contributed by atoms with E-state index in [4.69, 9.17) is 10.5 Å². The minimum atomic E-state index is -1.36. The van der Waals surface area contributed by atoms with Crippen molar-refractivity contribution in [3.05, 3.63) is 71.5 Å². The number of carbonyl (C=O) groups is 5. The van der Waals surface area contributed by atoms with Crippen LogP contribution in [0.25, 0.3) is 11.1 Å². The number of hydrogen-bond donors (Lipinski definition) is 5. The molecular weight excluding hydrogens is 560 g/mol. The van der Waals surface area contributed by atoms with Crippen molar-refractivity contribution in [3.63, 3.8) is 0 Å². The van der Waals surface area contributed by atoms with E-state index in [1.54, 1.807) is 0 Å². The summed E-state index contributed by atoms with van der Waals surface area (Å²) in [6.45, 7) is -1.56. The molecule has 2 heterocycles. The highest BCUT2D eigenvalue weighted by molar-refractivity contribution is 5.91. The standard InChI is InChI=1S/C28H30N8O7/c29-22(27(40)41)13-35-11-16-12-36(34-33-16)14-23(26(39)31-9-24(37)30-10-25(35)38)32-28(42)43-15-21-19-7-3-1-5-17(19)18-6-2-4-8-20(18)21/h1-8,12,21-23H,9-11,13-15,29H2,(H,30,37)(H,31,39)(H,32,42)(H,40,41)/t22-,23?/m0/s1. The molecule has 15 heteroatoms. The maximum absolute atomic E-state index is 13.0. The van der Waals surface area contributed by atoms with Crippen molar-refractivity contribution in [1.82, 2.24) is 35.8 Å². The molecule has 0 spiro atoms. The van der Waals surface area contributed by atoms with Crippen molar-refractivity contribution < 1.29 is 33.8 Å². The molecule has 15 nitrogen and oxygen atoms in total. The zero-order valence-corrected chi connectivity index (χ0v) is 22.9. The molecule has 1 aliphatic carbocycles. The summed E-state index contributed by atoms with van der Waals surface area (Å²) in [5, 5.41) is 24.5. The summed E-state index contributed by atoms with van der Waals surface area (Å²) < 4.78 is 6.87. The van der Waals surface area contributed by atoms with E-state index in [1.165, 1.54) is 10.9 Å². The predicted molar refractivity (Wildman–Crippen MR) is 149 cm³/mol. The molecule has 1 unspecified atom stereocenters. The highest BCUT2D eigenvalue weighted by atomic mass is 16.5. The molecule has 1 aliphatic heterocycles. The minimum absolute atomic E-state index is 0.0341. The van der Waals surface area contributed by atoms with Gasteiger partial charge in [0.1, 0.15) is 24.4 Å². The van der Waals surface area contributed by atoms with Gasteiger partial charge >= 0.3 is 12.1 Å². The number of alkyl carbamates (subject to hydrolysis) is 1. The van der Waals surface area contributed by atoms with Crippen LogP contribution in [0.1, 0.15) is 22.7 Å². The normalized spacial score (nSPS) is 18.0. The van der Waals surface area contributed by atoms with Gasteiger partial charge in [-0.2, -0.15) is 0 Å². The number of carboxylic acids is 1. The Balaban J connectivity index is 1.29. The Morgan fingerprint density at radius 1 is 1.05 bits per heavy atom. The predicted octanol–water partition coefficient (Wildman–Crippen LogP) is -0.828. The maximum atomic E-state index is 13.0. The number of ether oxygens (including phenoxy) is 1. The van der Waals surface area contributed by atoms with Gasteiger partial charge in [0.05, 0.1) is 32.4 Å². The van der Waals surface area contributed by atoms with E-state index in [-0.39, 0.29) is 37.9 Å². The largest absolute Gasteiger partial charge is 0.480 e. The van der Waals surface area contributed by atoms with Gasteiger partial charge in [-0.1, -0.05) is 53.7 Å². The van der Waals surface area contributed by atoms with Crippen LogP contribution >= 0.6 is 0 Å². The van der Waals surface area contributed by atoms with Crippen molar-refractivity contribution in [2.45, 2.75) is 31.1 Å². The first-order chi connectivity index (χ1) is 20.7. The van der Waals surface area contributed by atoms with E-state index >= 15 is 0 Å². The van der Waals surface area contributed by atoms with Gasteiger partial charge in [0.25, 0.3) is 0 Å². The molecule has 0 radical (unpaired) electrons. The highest BCUT2D eigenvalue weighted by Gasteiger charge is 2.30. The average molecular weight is 591 g/mol. The number of amides is 4. The third kappa shape index (κ3) is 6.78. The van der Waals surface area contributed by atoms with Gasteiger partial charge in [0.15, 0.2) is 0 Å². The molecular formula is C28H30N8O7. The lowest BCUT2D eigenvalue weighted by molar-refractivity contribution is -0.140. The summed E-state index contributed by atoms with van der Waals surface area (Å²) >= 11 is 0. The topological polar surface area (TPSA) is 211 Å². The second-order valence-corrected chi connectivity index (χ2v) is 10.2. The molecule has 5 rings (SSSR count). The second kappa shape index (κ2) is 12.7. The molecule has 1 aromatic heterocycles. The first-order valence-corrected chi connectivity index (χ1v) is 13.5. The lowest BCUT2D eigenvalue weighted by Gasteiger charge is -2.24. The number of benzene rings is 2. The number of aliphatic carboxylic acids is 1. The number of nitrogens with one attached hydrogen (secondary N) is 3. The number of fused-ring (bicyclic) bond motifs is 5. The Hall–Kier alpha value is -5.31. The van der Waals surface area contributed by atoms with Gasteiger partial charge in [0.2, 0.25) is 17.7 Å². The number of carboxylic acid groups (broad SMARTS) is 1. The summed E-state index contributed by atoms with van der Waals surface area (Å²) in [6.07, 6.45) is 0.615. The molecule has 0 saturated carbocycles. The van der Waals surface area contributed by atoms with Crippen molar-refractivity contribution in [2.75, 3.05) is 26.2 Å². The summed E-state index contributed by atoms with van der Waals surface area (Å²) in [5.41, 5.74) is 10.1.